The Morgan fingerprint density at radius 2 is 1.88 bits per heavy atom. The summed E-state index contributed by atoms with van der Waals surface area (Å²) in [5.74, 6) is 0.766. The van der Waals surface area contributed by atoms with Crippen molar-refractivity contribution in [2.75, 3.05) is 7.05 Å². The highest BCUT2D eigenvalue weighted by Gasteiger charge is 2.30. The topological polar surface area (TPSA) is 12.0 Å². The number of allylic oxidation sites excluding steroid dienone is 1. The fourth-order valence-corrected chi connectivity index (χ4v) is 3.53. The van der Waals surface area contributed by atoms with Crippen molar-refractivity contribution in [3.8, 4) is 0 Å². The molecule has 0 spiro atoms. The molecule has 90 valence electrons. The summed E-state index contributed by atoms with van der Waals surface area (Å²) in [4.78, 5) is 0. The molecule has 0 aromatic heterocycles. The van der Waals surface area contributed by atoms with Crippen LogP contribution in [0.2, 0.25) is 0 Å². The van der Waals surface area contributed by atoms with E-state index >= 15 is 0 Å². The van der Waals surface area contributed by atoms with Crippen molar-refractivity contribution < 1.29 is 0 Å². The Balaban J connectivity index is 1.78. The minimum absolute atomic E-state index is 0.602. The van der Waals surface area contributed by atoms with Gasteiger partial charge in [0.15, 0.2) is 0 Å². The lowest BCUT2D eigenvalue weighted by Crippen LogP contribution is -2.35. The van der Waals surface area contributed by atoms with Crippen LogP contribution in [0.5, 0.6) is 0 Å². The summed E-state index contributed by atoms with van der Waals surface area (Å²) >= 11 is 0. The third-order valence-corrected chi connectivity index (χ3v) is 4.34. The smallest absolute Gasteiger partial charge is 0.0311 e. The Bertz CT molecular complexity index is 408. The van der Waals surface area contributed by atoms with E-state index < -0.39 is 0 Å². The van der Waals surface area contributed by atoms with Crippen LogP contribution in [0.15, 0.2) is 35.9 Å². The van der Waals surface area contributed by atoms with Gasteiger partial charge in [-0.2, -0.15) is 0 Å². The van der Waals surface area contributed by atoms with E-state index in [-0.39, 0.29) is 0 Å². The molecule has 2 aliphatic carbocycles. The molecule has 0 fully saturated rings. The molecule has 1 atom stereocenters. The van der Waals surface area contributed by atoms with E-state index in [0.717, 1.165) is 5.92 Å². The van der Waals surface area contributed by atoms with Crippen molar-refractivity contribution in [3.63, 3.8) is 0 Å². The van der Waals surface area contributed by atoms with Crippen LogP contribution in [-0.4, -0.2) is 13.1 Å². The zero-order chi connectivity index (χ0) is 11.7. The first kappa shape index (κ1) is 11.0. The van der Waals surface area contributed by atoms with E-state index in [9.17, 15) is 0 Å². The van der Waals surface area contributed by atoms with Gasteiger partial charge in [0, 0.05) is 6.04 Å². The van der Waals surface area contributed by atoms with Gasteiger partial charge in [0.2, 0.25) is 0 Å². The van der Waals surface area contributed by atoms with Crippen molar-refractivity contribution in [1.82, 2.24) is 5.32 Å². The van der Waals surface area contributed by atoms with Crippen LogP contribution in [0.1, 0.15) is 30.4 Å². The maximum Gasteiger partial charge on any atom is 0.0311 e. The van der Waals surface area contributed by atoms with Crippen molar-refractivity contribution in [3.05, 3.63) is 47.0 Å². The minimum Gasteiger partial charge on any atom is -0.313 e. The molecule has 1 N–H and O–H groups in total. The van der Waals surface area contributed by atoms with Gasteiger partial charge in [0.05, 0.1) is 0 Å². The van der Waals surface area contributed by atoms with E-state index in [1.165, 1.54) is 32.1 Å². The Labute approximate surface area is 104 Å². The minimum atomic E-state index is 0.602. The predicted molar refractivity (Wildman–Crippen MR) is 72.1 cm³/mol. The highest BCUT2D eigenvalue weighted by atomic mass is 14.9. The normalized spacial score (nSPS) is 21.4. The number of hydrogen-bond donors (Lipinski definition) is 1. The molecule has 1 aromatic carbocycles. The molecule has 0 saturated heterocycles. The summed E-state index contributed by atoms with van der Waals surface area (Å²) in [5.41, 5.74) is 4.79. The highest BCUT2D eigenvalue weighted by Crippen LogP contribution is 2.33. The molecule has 0 bridgehead atoms. The molecule has 1 aromatic rings. The second-order valence-electron chi connectivity index (χ2n) is 5.37. The van der Waals surface area contributed by atoms with Gasteiger partial charge in [-0.15, -0.1) is 0 Å². The number of nitrogens with one attached hydrogen (secondary N) is 1. The lowest BCUT2D eigenvalue weighted by Gasteiger charge is -2.24. The number of fused-ring (bicyclic) bond motifs is 1. The third-order valence-electron chi connectivity index (χ3n) is 4.34. The maximum atomic E-state index is 3.55. The Morgan fingerprint density at radius 3 is 2.41 bits per heavy atom. The van der Waals surface area contributed by atoms with Gasteiger partial charge in [0.1, 0.15) is 0 Å². The molecule has 0 aliphatic heterocycles. The molecular weight excluding hydrogens is 206 g/mol. The van der Waals surface area contributed by atoms with Gasteiger partial charge in [0.25, 0.3) is 0 Å². The first-order valence-electron chi connectivity index (χ1n) is 6.81. The van der Waals surface area contributed by atoms with Crippen LogP contribution in [0.3, 0.4) is 0 Å². The Kier molecular flexibility index (Phi) is 3.02. The second kappa shape index (κ2) is 4.66. The maximum absolute atomic E-state index is 3.55. The van der Waals surface area contributed by atoms with Crippen LogP contribution in [-0.2, 0) is 12.8 Å². The molecule has 0 saturated carbocycles. The molecule has 2 aliphatic rings. The first-order chi connectivity index (χ1) is 8.38. The van der Waals surface area contributed by atoms with Gasteiger partial charge >= 0.3 is 0 Å². The molecule has 0 radical (unpaired) electrons. The molecule has 0 heterocycles. The average molecular weight is 227 g/mol. The van der Waals surface area contributed by atoms with E-state index in [1.54, 1.807) is 16.7 Å². The molecule has 1 heteroatoms. The van der Waals surface area contributed by atoms with Gasteiger partial charge in [-0.3, -0.25) is 0 Å². The molecule has 1 nitrogen and oxygen atoms in total. The lowest BCUT2D eigenvalue weighted by molar-refractivity contribution is 0.423. The second-order valence-corrected chi connectivity index (χ2v) is 5.37. The van der Waals surface area contributed by atoms with Gasteiger partial charge in [-0.05, 0) is 56.2 Å². The molecular formula is C16H21N. The summed E-state index contributed by atoms with van der Waals surface area (Å²) in [6.07, 6.45) is 8.90. The predicted octanol–water partition coefficient (Wildman–Crippen LogP) is 3.10. The highest BCUT2D eigenvalue weighted by molar-refractivity contribution is 5.34. The molecule has 17 heavy (non-hydrogen) atoms. The van der Waals surface area contributed by atoms with Crippen molar-refractivity contribution in [2.24, 2.45) is 5.92 Å². The van der Waals surface area contributed by atoms with Crippen LogP contribution >= 0.6 is 0 Å². The van der Waals surface area contributed by atoms with E-state index in [0.29, 0.717) is 6.04 Å². The van der Waals surface area contributed by atoms with Crippen molar-refractivity contribution in [2.45, 2.75) is 38.1 Å². The van der Waals surface area contributed by atoms with Gasteiger partial charge in [-0.1, -0.05) is 35.9 Å². The van der Waals surface area contributed by atoms with E-state index in [1.807, 2.05) is 0 Å². The largest absolute Gasteiger partial charge is 0.313 e. The summed E-state index contributed by atoms with van der Waals surface area (Å²) in [6, 6.07) is 9.54. The SMILES string of the molecule is CNC(C1=CCCC1)C1Cc2ccccc2C1. The Hall–Kier alpha value is -1.08. The van der Waals surface area contributed by atoms with Crippen LogP contribution < -0.4 is 5.32 Å². The van der Waals surface area contributed by atoms with Crippen molar-refractivity contribution in [1.29, 1.82) is 0 Å². The number of likely N-dealkylation sites (N-methyl/N-ethyl adjacent to an activating group) is 1. The molecule has 0 amide bonds. The van der Waals surface area contributed by atoms with Gasteiger partial charge in [-0.25, -0.2) is 0 Å². The summed E-state index contributed by atoms with van der Waals surface area (Å²) in [6.45, 7) is 0. The number of rotatable bonds is 3. The third kappa shape index (κ3) is 2.04. The first-order valence-corrected chi connectivity index (χ1v) is 6.81. The monoisotopic (exact) mass is 227 g/mol. The van der Waals surface area contributed by atoms with Gasteiger partial charge < -0.3 is 5.32 Å². The standard InChI is InChI=1S/C16H21N/c1-17-16(12-6-2-3-7-12)15-10-13-8-4-5-9-14(13)11-15/h4-6,8-9,15-17H,2-3,7,10-11H2,1H3. The summed E-state index contributed by atoms with van der Waals surface area (Å²) < 4.78 is 0. The zero-order valence-corrected chi connectivity index (χ0v) is 10.6. The quantitative estimate of drug-likeness (QED) is 0.782. The summed E-state index contributed by atoms with van der Waals surface area (Å²) in [5, 5.41) is 3.55. The molecule has 3 rings (SSSR count). The van der Waals surface area contributed by atoms with Crippen molar-refractivity contribution >= 4 is 0 Å². The van der Waals surface area contributed by atoms with Crippen LogP contribution in [0.4, 0.5) is 0 Å². The zero-order valence-electron chi connectivity index (χ0n) is 10.6. The fraction of sp³-hybridized carbons (Fsp3) is 0.500. The number of hydrogen-bond acceptors (Lipinski definition) is 1. The number of benzene rings is 1. The summed E-state index contributed by atoms with van der Waals surface area (Å²) in [7, 11) is 2.12. The van der Waals surface area contributed by atoms with Crippen LogP contribution in [0, 0.1) is 5.92 Å². The van der Waals surface area contributed by atoms with Crippen LogP contribution in [0.25, 0.3) is 0 Å². The van der Waals surface area contributed by atoms with E-state index in [2.05, 4.69) is 42.7 Å². The van der Waals surface area contributed by atoms with E-state index in [4.69, 9.17) is 0 Å². The Morgan fingerprint density at radius 1 is 1.18 bits per heavy atom. The fourth-order valence-electron chi connectivity index (χ4n) is 3.53. The average Bonchev–Trinajstić information content (AvgIpc) is 2.98. The molecule has 1 unspecified atom stereocenters. The lowest BCUT2D eigenvalue weighted by atomic mass is 9.90.